The van der Waals surface area contributed by atoms with Crippen molar-refractivity contribution in [2.45, 2.75) is 64.5 Å². The van der Waals surface area contributed by atoms with E-state index in [0.717, 1.165) is 61.4 Å². The molecule has 0 amide bonds. The molecule has 0 spiro atoms. The highest BCUT2D eigenvalue weighted by Crippen LogP contribution is 2.31. The van der Waals surface area contributed by atoms with Crippen LogP contribution in [-0.2, 0) is 6.54 Å². The second-order valence-electron chi connectivity index (χ2n) is 8.95. The zero-order valence-electron chi connectivity index (χ0n) is 20.3. The van der Waals surface area contributed by atoms with Crippen LogP contribution in [0.5, 0.6) is 5.75 Å². The summed E-state index contributed by atoms with van der Waals surface area (Å²) in [7, 11) is 1.68. The largest absolute Gasteiger partial charge is 0.495 e. The fourth-order valence-electron chi connectivity index (χ4n) is 4.75. The van der Waals surface area contributed by atoms with E-state index < -0.39 is 0 Å². The van der Waals surface area contributed by atoms with Crippen LogP contribution in [0.1, 0.15) is 61.9 Å². The summed E-state index contributed by atoms with van der Waals surface area (Å²) in [5.41, 5.74) is 10.3. The van der Waals surface area contributed by atoms with Crippen LogP contribution in [0.4, 0.5) is 11.8 Å². The number of aromatic nitrogens is 5. The molecule has 1 saturated heterocycles. The highest BCUT2D eigenvalue weighted by molar-refractivity contribution is 5.88. The van der Waals surface area contributed by atoms with Crippen molar-refractivity contribution in [1.29, 1.82) is 0 Å². The van der Waals surface area contributed by atoms with Crippen LogP contribution >= 0.6 is 0 Å². The van der Waals surface area contributed by atoms with Gasteiger partial charge in [-0.25, -0.2) is 4.98 Å². The van der Waals surface area contributed by atoms with Crippen molar-refractivity contribution in [3.05, 3.63) is 29.2 Å². The second-order valence-corrected chi connectivity index (χ2v) is 8.95. The molecule has 1 fully saturated rings. The van der Waals surface area contributed by atoms with Crippen LogP contribution in [0, 0.1) is 6.92 Å². The first kappa shape index (κ1) is 24.2. The normalized spacial score (nSPS) is 15.5. The van der Waals surface area contributed by atoms with E-state index in [9.17, 15) is 5.11 Å². The predicted molar refractivity (Wildman–Crippen MR) is 133 cm³/mol. The summed E-state index contributed by atoms with van der Waals surface area (Å²) in [4.78, 5) is 13.7. The molecule has 4 rings (SSSR count). The Morgan fingerprint density at radius 1 is 1.29 bits per heavy atom. The monoisotopic (exact) mass is 468 g/mol. The molecule has 0 radical (unpaired) electrons. The van der Waals surface area contributed by atoms with Gasteiger partial charge in [-0.3, -0.25) is 9.67 Å². The van der Waals surface area contributed by atoms with Gasteiger partial charge in [-0.15, -0.1) is 0 Å². The first-order valence-electron chi connectivity index (χ1n) is 12.2. The summed E-state index contributed by atoms with van der Waals surface area (Å²) in [5.74, 6) is 2.07. The molecule has 3 aromatic rings. The number of methoxy groups -OCH3 is 1. The standard InChI is InChI=1S/C24H36N8O2/c1-4-5-18(8-11-33)28-23-22-21(29-24(25)30-23)15(2)31-32(22)14-19-20(34-3)12-17(13-27-19)16-6-9-26-10-7-16/h12-13,16,18,26,33H,4-11,14H2,1-3H3,(H3,25,28,29,30)/t18-/m0/s1. The molecule has 184 valence electrons. The van der Waals surface area contributed by atoms with E-state index in [-0.39, 0.29) is 18.6 Å². The van der Waals surface area contributed by atoms with Crippen molar-refractivity contribution in [3.63, 3.8) is 0 Å². The third kappa shape index (κ3) is 5.23. The number of rotatable bonds is 10. The van der Waals surface area contributed by atoms with Crippen molar-refractivity contribution in [2.75, 3.05) is 37.9 Å². The first-order valence-corrected chi connectivity index (χ1v) is 12.2. The summed E-state index contributed by atoms with van der Waals surface area (Å²) in [5, 5.41) is 21.1. The maximum atomic E-state index is 9.50. The third-order valence-electron chi connectivity index (χ3n) is 6.51. The van der Waals surface area contributed by atoms with Crippen LogP contribution in [-0.4, -0.2) is 62.7 Å². The molecule has 1 aliphatic rings. The van der Waals surface area contributed by atoms with E-state index in [0.29, 0.717) is 30.2 Å². The highest BCUT2D eigenvalue weighted by atomic mass is 16.5. The van der Waals surface area contributed by atoms with Crippen LogP contribution in [0.3, 0.4) is 0 Å². The van der Waals surface area contributed by atoms with Gasteiger partial charge in [0, 0.05) is 18.8 Å². The van der Waals surface area contributed by atoms with Gasteiger partial charge in [-0.1, -0.05) is 13.3 Å². The van der Waals surface area contributed by atoms with Gasteiger partial charge in [0.1, 0.15) is 22.5 Å². The van der Waals surface area contributed by atoms with Crippen molar-refractivity contribution in [1.82, 2.24) is 30.0 Å². The SMILES string of the molecule is CCC[C@@H](CCO)Nc1nc(N)nc2c(C)nn(Cc3ncc(C4CCNCC4)cc3OC)c12. The maximum Gasteiger partial charge on any atom is 0.222 e. The molecule has 10 nitrogen and oxygen atoms in total. The van der Waals surface area contributed by atoms with E-state index in [1.54, 1.807) is 7.11 Å². The fourth-order valence-corrected chi connectivity index (χ4v) is 4.75. The van der Waals surface area contributed by atoms with Gasteiger partial charge < -0.3 is 26.2 Å². The molecule has 0 saturated carbocycles. The summed E-state index contributed by atoms with van der Waals surface area (Å²) >= 11 is 0. The number of nitrogen functional groups attached to an aromatic ring is 1. The van der Waals surface area contributed by atoms with Crippen LogP contribution < -0.4 is 21.1 Å². The number of aliphatic hydroxyl groups excluding tert-OH is 1. The smallest absolute Gasteiger partial charge is 0.222 e. The van der Waals surface area contributed by atoms with Crippen molar-refractivity contribution >= 4 is 22.8 Å². The Balaban J connectivity index is 1.69. The lowest BCUT2D eigenvalue weighted by Gasteiger charge is -2.23. The Morgan fingerprint density at radius 3 is 2.79 bits per heavy atom. The van der Waals surface area contributed by atoms with Crippen molar-refractivity contribution in [2.24, 2.45) is 0 Å². The quantitative estimate of drug-likeness (QED) is 0.354. The minimum Gasteiger partial charge on any atom is -0.495 e. The number of aliphatic hydroxyl groups is 1. The lowest BCUT2D eigenvalue weighted by atomic mass is 9.91. The molecule has 0 unspecified atom stereocenters. The number of hydrogen-bond acceptors (Lipinski definition) is 9. The Hall–Kier alpha value is -2.98. The van der Waals surface area contributed by atoms with E-state index in [1.807, 2.05) is 17.8 Å². The molecule has 1 atom stereocenters. The van der Waals surface area contributed by atoms with Gasteiger partial charge >= 0.3 is 0 Å². The van der Waals surface area contributed by atoms with Gasteiger partial charge in [0.2, 0.25) is 5.95 Å². The Morgan fingerprint density at radius 2 is 2.09 bits per heavy atom. The Bertz CT molecular complexity index is 1100. The van der Waals surface area contributed by atoms with Crippen molar-refractivity contribution in [3.8, 4) is 5.75 Å². The molecule has 1 aliphatic heterocycles. The Labute approximate surface area is 200 Å². The molecule has 4 heterocycles. The number of nitrogens with zero attached hydrogens (tertiary/aromatic N) is 5. The van der Waals surface area contributed by atoms with Gasteiger partial charge in [0.25, 0.3) is 0 Å². The third-order valence-corrected chi connectivity index (χ3v) is 6.51. The number of ether oxygens (including phenoxy) is 1. The summed E-state index contributed by atoms with van der Waals surface area (Å²) in [6, 6.07) is 2.19. The number of nitrogens with one attached hydrogen (secondary N) is 2. The van der Waals surface area contributed by atoms with Crippen LogP contribution in [0.25, 0.3) is 11.0 Å². The van der Waals surface area contributed by atoms with E-state index in [2.05, 4.69) is 33.6 Å². The Kier molecular flexibility index (Phi) is 7.79. The van der Waals surface area contributed by atoms with Crippen LogP contribution in [0.15, 0.2) is 12.3 Å². The molecular formula is C24H36N8O2. The zero-order valence-corrected chi connectivity index (χ0v) is 20.3. The second kappa shape index (κ2) is 11.0. The summed E-state index contributed by atoms with van der Waals surface area (Å²) < 4.78 is 7.60. The molecule has 5 N–H and O–H groups in total. The molecule has 10 heteroatoms. The topological polar surface area (TPSA) is 136 Å². The van der Waals surface area contributed by atoms with Crippen LogP contribution in [0.2, 0.25) is 0 Å². The van der Waals surface area contributed by atoms with Gasteiger partial charge in [-0.05, 0) is 63.2 Å². The number of piperidine rings is 1. The average Bonchev–Trinajstić information content (AvgIpc) is 3.15. The number of nitrogens with two attached hydrogens (primary N) is 1. The first-order chi connectivity index (χ1) is 16.5. The number of anilines is 2. The van der Waals surface area contributed by atoms with E-state index in [1.165, 1.54) is 5.56 Å². The molecule has 0 bridgehead atoms. The molecule has 0 aliphatic carbocycles. The minimum atomic E-state index is 0.0769. The fraction of sp³-hybridized carbons (Fsp3) is 0.583. The predicted octanol–water partition coefficient (Wildman–Crippen LogP) is 2.60. The number of pyridine rings is 1. The van der Waals surface area contributed by atoms with Gasteiger partial charge in [0.15, 0.2) is 5.82 Å². The minimum absolute atomic E-state index is 0.0769. The van der Waals surface area contributed by atoms with Gasteiger partial charge in [-0.2, -0.15) is 10.1 Å². The molecule has 3 aromatic heterocycles. The lowest BCUT2D eigenvalue weighted by Crippen LogP contribution is -2.26. The molecule has 0 aromatic carbocycles. The number of hydrogen-bond donors (Lipinski definition) is 4. The molecular weight excluding hydrogens is 432 g/mol. The van der Waals surface area contributed by atoms with E-state index in [4.69, 9.17) is 20.6 Å². The maximum absolute atomic E-state index is 9.50. The zero-order chi connectivity index (χ0) is 24.1. The van der Waals surface area contributed by atoms with Gasteiger partial charge in [0.05, 0.1) is 19.3 Å². The van der Waals surface area contributed by atoms with E-state index >= 15 is 0 Å². The number of aryl methyl sites for hydroxylation is 1. The lowest BCUT2D eigenvalue weighted by molar-refractivity contribution is 0.276. The van der Waals surface area contributed by atoms with Crippen molar-refractivity contribution < 1.29 is 9.84 Å². The summed E-state index contributed by atoms with van der Waals surface area (Å²) in [6.45, 7) is 6.61. The highest BCUT2D eigenvalue weighted by Gasteiger charge is 2.21. The average molecular weight is 469 g/mol. The summed E-state index contributed by atoms with van der Waals surface area (Å²) in [6.07, 6.45) is 6.71. The molecule has 34 heavy (non-hydrogen) atoms. The number of fused-ring (bicyclic) bond motifs is 1.